The molecule has 1 saturated heterocycles. The predicted molar refractivity (Wildman–Crippen MR) is 113 cm³/mol. The number of rotatable bonds is 9. The highest BCUT2D eigenvalue weighted by atomic mass is 16.5. The van der Waals surface area contributed by atoms with Gasteiger partial charge in [0.25, 0.3) is 11.7 Å². The van der Waals surface area contributed by atoms with Gasteiger partial charge in [-0.3, -0.25) is 9.59 Å². The molecular weight excluding hydrogens is 402 g/mol. The number of hydrogen-bond donors (Lipinski definition) is 2. The summed E-state index contributed by atoms with van der Waals surface area (Å²) >= 11 is 0. The van der Waals surface area contributed by atoms with E-state index >= 15 is 0 Å². The van der Waals surface area contributed by atoms with Gasteiger partial charge >= 0.3 is 0 Å². The van der Waals surface area contributed by atoms with Crippen LogP contribution < -0.4 is 9.47 Å². The Morgan fingerprint density at radius 1 is 1.00 bits per heavy atom. The highest BCUT2D eigenvalue weighted by Gasteiger charge is 2.46. The van der Waals surface area contributed by atoms with E-state index in [1.807, 2.05) is 0 Å². The first-order chi connectivity index (χ1) is 15.0. The van der Waals surface area contributed by atoms with Gasteiger partial charge < -0.3 is 29.3 Å². The number of carbonyl (C=O) groups excluding carboxylic acids is 2. The number of methoxy groups -OCH3 is 2. The zero-order chi connectivity index (χ0) is 22.4. The summed E-state index contributed by atoms with van der Waals surface area (Å²) in [6.45, 7) is 0.234. The van der Waals surface area contributed by atoms with E-state index in [9.17, 15) is 14.7 Å². The van der Waals surface area contributed by atoms with E-state index in [1.165, 1.54) is 19.1 Å². The lowest BCUT2D eigenvalue weighted by Crippen LogP contribution is -2.33. The predicted octanol–water partition coefficient (Wildman–Crippen LogP) is 2.13. The Bertz CT molecular complexity index is 968. The molecule has 8 nitrogen and oxygen atoms in total. The third kappa shape index (κ3) is 4.70. The van der Waals surface area contributed by atoms with Crippen molar-refractivity contribution in [2.24, 2.45) is 0 Å². The second-order valence-corrected chi connectivity index (χ2v) is 6.83. The minimum absolute atomic E-state index is 0.00872. The first-order valence-electron chi connectivity index (χ1n) is 9.77. The third-order valence-corrected chi connectivity index (χ3v) is 5.03. The molecule has 8 heteroatoms. The maximum Gasteiger partial charge on any atom is 0.295 e. The fraction of sp³-hybridized carbons (Fsp3) is 0.304. The molecule has 2 aromatic carbocycles. The zero-order valence-corrected chi connectivity index (χ0v) is 17.4. The number of aliphatic hydroxyl groups excluding tert-OH is 2. The zero-order valence-electron chi connectivity index (χ0n) is 17.4. The van der Waals surface area contributed by atoms with Crippen LogP contribution in [0.1, 0.15) is 17.2 Å². The van der Waals surface area contributed by atoms with Crippen LogP contribution in [0.3, 0.4) is 0 Å². The quantitative estimate of drug-likeness (QED) is 0.273. The maximum absolute atomic E-state index is 12.9. The molecule has 1 atom stereocenters. The summed E-state index contributed by atoms with van der Waals surface area (Å²) in [6.07, 6.45) is 0. The van der Waals surface area contributed by atoms with Crippen LogP contribution >= 0.6 is 0 Å². The van der Waals surface area contributed by atoms with Crippen LogP contribution in [-0.4, -0.2) is 67.4 Å². The van der Waals surface area contributed by atoms with Gasteiger partial charge in [0.1, 0.15) is 17.3 Å². The van der Waals surface area contributed by atoms with Crippen molar-refractivity contribution in [3.63, 3.8) is 0 Å². The second-order valence-electron chi connectivity index (χ2n) is 6.83. The number of ether oxygens (including phenoxy) is 3. The minimum atomic E-state index is -0.810. The Hall–Kier alpha value is -3.36. The van der Waals surface area contributed by atoms with Crippen molar-refractivity contribution in [3.8, 4) is 11.5 Å². The second kappa shape index (κ2) is 10.1. The molecule has 2 aromatic rings. The molecule has 1 fully saturated rings. The van der Waals surface area contributed by atoms with Gasteiger partial charge in [-0.05, 0) is 42.0 Å². The van der Waals surface area contributed by atoms with Crippen molar-refractivity contribution in [1.29, 1.82) is 0 Å². The van der Waals surface area contributed by atoms with Gasteiger partial charge in [-0.25, -0.2) is 0 Å². The number of ketones is 1. The molecular formula is C23H25NO7. The maximum atomic E-state index is 12.9. The largest absolute Gasteiger partial charge is 0.507 e. The summed E-state index contributed by atoms with van der Waals surface area (Å²) in [7, 11) is 3.05. The number of Topliss-reactive ketones (excluding diaryl/α,β-unsaturated/α-hetero) is 1. The van der Waals surface area contributed by atoms with Crippen LogP contribution in [0.25, 0.3) is 5.76 Å². The molecule has 1 heterocycles. The van der Waals surface area contributed by atoms with Crippen LogP contribution in [0, 0.1) is 0 Å². The van der Waals surface area contributed by atoms with Crippen LogP contribution in [0.5, 0.6) is 11.5 Å². The van der Waals surface area contributed by atoms with E-state index in [2.05, 4.69) is 0 Å². The molecule has 1 unspecified atom stereocenters. The van der Waals surface area contributed by atoms with Crippen LogP contribution in [0.15, 0.2) is 54.1 Å². The summed E-state index contributed by atoms with van der Waals surface area (Å²) < 4.78 is 15.7. The van der Waals surface area contributed by atoms with E-state index in [4.69, 9.17) is 19.3 Å². The number of amides is 1. The number of likely N-dealkylation sites (tertiary alicyclic amines) is 1. The number of benzene rings is 2. The van der Waals surface area contributed by atoms with Crippen molar-refractivity contribution in [3.05, 3.63) is 65.2 Å². The van der Waals surface area contributed by atoms with Gasteiger partial charge in [-0.1, -0.05) is 12.1 Å². The fourth-order valence-corrected chi connectivity index (χ4v) is 3.50. The summed E-state index contributed by atoms with van der Waals surface area (Å²) in [5.74, 6) is -0.613. The first-order valence-corrected chi connectivity index (χ1v) is 9.77. The molecule has 0 aromatic heterocycles. The molecule has 0 bridgehead atoms. The van der Waals surface area contributed by atoms with Crippen LogP contribution in [0.2, 0.25) is 0 Å². The summed E-state index contributed by atoms with van der Waals surface area (Å²) in [6, 6.07) is 12.7. The normalized spacial score (nSPS) is 17.8. The Labute approximate surface area is 180 Å². The lowest BCUT2D eigenvalue weighted by Gasteiger charge is -2.25. The molecule has 0 radical (unpaired) electrons. The van der Waals surface area contributed by atoms with Crippen LogP contribution in [-0.2, 0) is 14.3 Å². The summed E-state index contributed by atoms with van der Waals surface area (Å²) in [4.78, 5) is 27.1. The average molecular weight is 427 g/mol. The number of carbonyl (C=O) groups is 2. The highest BCUT2D eigenvalue weighted by molar-refractivity contribution is 6.46. The van der Waals surface area contributed by atoms with E-state index in [1.54, 1.807) is 48.5 Å². The number of hydrogen-bond acceptors (Lipinski definition) is 7. The Morgan fingerprint density at radius 3 is 2.35 bits per heavy atom. The number of aliphatic hydroxyl groups is 2. The van der Waals surface area contributed by atoms with Gasteiger partial charge in [0.15, 0.2) is 0 Å². The van der Waals surface area contributed by atoms with Gasteiger partial charge in [-0.2, -0.15) is 0 Å². The molecule has 0 spiro atoms. The van der Waals surface area contributed by atoms with Crippen molar-refractivity contribution < 1.29 is 34.0 Å². The van der Waals surface area contributed by atoms with E-state index in [-0.39, 0.29) is 37.7 Å². The molecule has 1 aliphatic heterocycles. The minimum Gasteiger partial charge on any atom is -0.507 e. The highest BCUT2D eigenvalue weighted by Crippen LogP contribution is 2.40. The molecule has 31 heavy (non-hydrogen) atoms. The topological polar surface area (TPSA) is 106 Å². The summed E-state index contributed by atoms with van der Waals surface area (Å²) in [5.41, 5.74) is 1.00. The fourth-order valence-electron chi connectivity index (χ4n) is 3.50. The van der Waals surface area contributed by atoms with Crippen molar-refractivity contribution >= 4 is 17.4 Å². The van der Waals surface area contributed by atoms with Gasteiger partial charge in [0.05, 0.1) is 45.7 Å². The molecule has 1 aliphatic rings. The van der Waals surface area contributed by atoms with Crippen molar-refractivity contribution in [2.45, 2.75) is 6.04 Å². The third-order valence-electron chi connectivity index (χ3n) is 5.03. The van der Waals surface area contributed by atoms with Crippen molar-refractivity contribution in [2.75, 3.05) is 40.6 Å². The molecule has 2 N–H and O–H groups in total. The monoisotopic (exact) mass is 427 g/mol. The Morgan fingerprint density at radius 2 is 1.71 bits per heavy atom. The van der Waals surface area contributed by atoms with E-state index in [0.29, 0.717) is 22.6 Å². The van der Waals surface area contributed by atoms with Gasteiger partial charge in [-0.15, -0.1) is 0 Å². The van der Waals surface area contributed by atoms with E-state index < -0.39 is 17.7 Å². The Balaban J connectivity index is 2.07. The number of nitrogens with zero attached hydrogens (tertiary/aromatic N) is 1. The smallest absolute Gasteiger partial charge is 0.295 e. The summed E-state index contributed by atoms with van der Waals surface area (Å²) in [5, 5.41) is 19.9. The van der Waals surface area contributed by atoms with E-state index in [0.717, 1.165) is 0 Å². The lowest BCUT2D eigenvalue weighted by atomic mass is 9.95. The molecule has 1 amide bonds. The molecule has 0 saturated carbocycles. The standard InChI is InChI=1S/C23H25NO7/c1-29-17-8-6-15(7-9-17)21(26)19-20(16-4-3-5-18(14-16)30-2)24(23(28)22(19)27)10-12-31-13-11-25/h3-9,14,20,25-26H,10-13H2,1-2H3. The van der Waals surface area contributed by atoms with Gasteiger partial charge in [0, 0.05) is 12.1 Å². The lowest BCUT2D eigenvalue weighted by molar-refractivity contribution is -0.140. The average Bonchev–Trinajstić information content (AvgIpc) is 3.06. The van der Waals surface area contributed by atoms with Crippen LogP contribution in [0.4, 0.5) is 0 Å². The van der Waals surface area contributed by atoms with Crippen molar-refractivity contribution in [1.82, 2.24) is 4.90 Å². The molecule has 164 valence electrons. The Kier molecular flexibility index (Phi) is 7.28. The van der Waals surface area contributed by atoms with Gasteiger partial charge in [0.2, 0.25) is 0 Å². The SMILES string of the molecule is COc1ccc(C(O)=C2C(=O)C(=O)N(CCOCCO)C2c2cccc(OC)c2)cc1. The molecule has 0 aliphatic carbocycles. The first kappa shape index (κ1) is 22.3. The molecule has 3 rings (SSSR count).